The van der Waals surface area contributed by atoms with Gasteiger partial charge in [-0.3, -0.25) is 9.69 Å². The average Bonchev–Trinajstić information content (AvgIpc) is 2.34. The second-order valence-electron chi connectivity index (χ2n) is 4.87. The Hall–Kier alpha value is -0.220. The van der Waals surface area contributed by atoms with Crippen molar-refractivity contribution in [2.45, 2.75) is 57.7 Å². The Morgan fingerprint density at radius 2 is 2.06 bits per heavy atom. The minimum absolute atomic E-state index is 0.00132. The van der Waals surface area contributed by atoms with Gasteiger partial charge in [0, 0.05) is 10.8 Å². The van der Waals surface area contributed by atoms with Crippen LogP contribution in [0.15, 0.2) is 0 Å². The van der Waals surface area contributed by atoms with Gasteiger partial charge in [0.05, 0.1) is 13.0 Å². The van der Waals surface area contributed by atoms with Gasteiger partial charge in [0.2, 0.25) is 0 Å². The Kier molecular flexibility index (Phi) is 6.50. The van der Waals surface area contributed by atoms with Crippen LogP contribution < -0.4 is 0 Å². The molecule has 2 unspecified atom stereocenters. The molecule has 2 atom stereocenters. The molecule has 0 N–H and O–H groups in total. The number of ether oxygens (including phenoxy) is 1. The molecule has 0 aromatic heterocycles. The lowest BCUT2D eigenvalue weighted by atomic mass is 9.84. The molecule has 0 amide bonds. The summed E-state index contributed by atoms with van der Waals surface area (Å²) in [5.41, 5.74) is -0.00132. The topological polar surface area (TPSA) is 29.5 Å². The van der Waals surface area contributed by atoms with E-state index in [1.807, 2.05) is 18.7 Å². The molecule has 1 rings (SSSR count). The lowest BCUT2D eigenvalue weighted by Gasteiger charge is -2.49. The molecular weight excluding hydrogens is 246 g/mol. The monoisotopic (exact) mass is 273 g/mol. The van der Waals surface area contributed by atoms with E-state index >= 15 is 0 Å². The summed E-state index contributed by atoms with van der Waals surface area (Å²) in [5, 5.41) is 0.496. The van der Waals surface area contributed by atoms with Crippen LogP contribution in [0.25, 0.3) is 0 Å². The van der Waals surface area contributed by atoms with Gasteiger partial charge in [0.25, 0.3) is 0 Å². The van der Waals surface area contributed by atoms with Crippen molar-refractivity contribution in [1.29, 1.82) is 0 Å². The van der Waals surface area contributed by atoms with Crippen LogP contribution >= 0.6 is 11.8 Å². The van der Waals surface area contributed by atoms with Gasteiger partial charge < -0.3 is 4.74 Å². The SMILES string of the molecule is CCOC(=O)CC1(N(CC)CC)CCCSC1C. The lowest BCUT2D eigenvalue weighted by molar-refractivity contribution is -0.147. The Morgan fingerprint density at radius 1 is 1.39 bits per heavy atom. The maximum atomic E-state index is 11.9. The van der Waals surface area contributed by atoms with Crippen LogP contribution in [-0.4, -0.2) is 47.1 Å². The van der Waals surface area contributed by atoms with E-state index in [1.54, 1.807) is 0 Å². The normalized spacial score (nSPS) is 28.4. The van der Waals surface area contributed by atoms with Crippen LogP contribution in [0, 0.1) is 0 Å². The van der Waals surface area contributed by atoms with Crippen LogP contribution in [0.1, 0.15) is 47.0 Å². The van der Waals surface area contributed by atoms with E-state index < -0.39 is 0 Å². The molecule has 18 heavy (non-hydrogen) atoms. The van der Waals surface area contributed by atoms with Crippen LogP contribution in [0.5, 0.6) is 0 Å². The summed E-state index contributed by atoms with van der Waals surface area (Å²) in [5.74, 6) is 1.17. The second-order valence-corrected chi connectivity index (χ2v) is 6.32. The minimum atomic E-state index is -0.0428. The largest absolute Gasteiger partial charge is 0.466 e. The fraction of sp³-hybridized carbons (Fsp3) is 0.929. The number of hydrogen-bond donors (Lipinski definition) is 0. The standard InChI is InChI=1S/C14H27NO2S/c1-5-15(6-2)14(11-13(16)17-7-3)9-8-10-18-12(14)4/h12H,5-11H2,1-4H3. The van der Waals surface area contributed by atoms with Crippen molar-refractivity contribution in [3.8, 4) is 0 Å². The number of esters is 1. The van der Waals surface area contributed by atoms with Crippen LogP contribution in [0.2, 0.25) is 0 Å². The zero-order valence-corrected chi connectivity index (χ0v) is 13.0. The van der Waals surface area contributed by atoms with Crippen LogP contribution in [0.3, 0.4) is 0 Å². The highest BCUT2D eigenvalue weighted by atomic mass is 32.2. The molecule has 0 aromatic rings. The van der Waals surface area contributed by atoms with Gasteiger partial charge in [0.1, 0.15) is 0 Å². The molecule has 0 spiro atoms. The molecule has 1 fully saturated rings. The van der Waals surface area contributed by atoms with Crippen molar-refractivity contribution in [3.63, 3.8) is 0 Å². The summed E-state index contributed by atoms with van der Waals surface area (Å²) in [7, 11) is 0. The van der Waals surface area contributed by atoms with Gasteiger partial charge in [-0.1, -0.05) is 20.8 Å². The molecule has 106 valence electrons. The first-order chi connectivity index (χ1) is 8.60. The van der Waals surface area contributed by atoms with E-state index in [0.29, 0.717) is 18.3 Å². The van der Waals surface area contributed by atoms with Gasteiger partial charge in [-0.05, 0) is 38.6 Å². The first-order valence-electron chi connectivity index (χ1n) is 7.13. The van der Waals surface area contributed by atoms with Crippen molar-refractivity contribution >= 4 is 17.7 Å². The fourth-order valence-electron chi connectivity index (χ4n) is 3.07. The molecule has 0 aromatic carbocycles. The maximum absolute atomic E-state index is 11.9. The van der Waals surface area contributed by atoms with Gasteiger partial charge >= 0.3 is 5.97 Å². The zero-order chi connectivity index (χ0) is 13.6. The first kappa shape index (κ1) is 15.8. The van der Waals surface area contributed by atoms with Gasteiger partial charge in [-0.15, -0.1) is 0 Å². The summed E-state index contributed by atoms with van der Waals surface area (Å²) < 4.78 is 5.18. The molecule has 0 bridgehead atoms. The van der Waals surface area contributed by atoms with E-state index in [0.717, 1.165) is 19.5 Å². The van der Waals surface area contributed by atoms with Crippen LogP contribution in [0.4, 0.5) is 0 Å². The highest BCUT2D eigenvalue weighted by molar-refractivity contribution is 8.00. The second kappa shape index (κ2) is 7.39. The smallest absolute Gasteiger partial charge is 0.307 e. The zero-order valence-electron chi connectivity index (χ0n) is 12.2. The summed E-state index contributed by atoms with van der Waals surface area (Å²) in [6.45, 7) is 11.0. The van der Waals surface area contributed by atoms with Crippen molar-refractivity contribution in [2.75, 3.05) is 25.4 Å². The highest BCUT2D eigenvalue weighted by Crippen LogP contribution is 2.41. The van der Waals surface area contributed by atoms with Crippen molar-refractivity contribution in [2.24, 2.45) is 0 Å². The molecule has 0 aliphatic carbocycles. The average molecular weight is 273 g/mol. The Labute approximate surface area is 116 Å². The quantitative estimate of drug-likeness (QED) is 0.696. The molecule has 1 aliphatic rings. The van der Waals surface area contributed by atoms with Gasteiger partial charge in [0.15, 0.2) is 0 Å². The third kappa shape index (κ3) is 3.41. The third-order valence-corrected chi connectivity index (χ3v) is 5.49. The molecule has 0 saturated carbocycles. The predicted octanol–water partition coefficient (Wildman–Crippen LogP) is 2.94. The van der Waals surface area contributed by atoms with Crippen molar-refractivity contribution < 1.29 is 9.53 Å². The lowest BCUT2D eigenvalue weighted by Crippen LogP contribution is -2.57. The fourth-order valence-corrected chi connectivity index (χ4v) is 4.40. The molecule has 1 aliphatic heterocycles. The maximum Gasteiger partial charge on any atom is 0.307 e. The number of rotatable bonds is 6. The molecule has 1 heterocycles. The van der Waals surface area contributed by atoms with E-state index in [9.17, 15) is 4.79 Å². The van der Waals surface area contributed by atoms with Crippen LogP contribution in [-0.2, 0) is 9.53 Å². The summed E-state index contributed by atoms with van der Waals surface area (Å²) >= 11 is 1.99. The van der Waals surface area contributed by atoms with Gasteiger partial charge in [-0.2, -0.15) is 11.8 Å². The first-order valence-corrected chi connectivity index (χ1v) is 8.17. The molecule has 0 radical (unpaired) electrons. The number of carbonyl (C=O) groups excluding carboxylic acids is 1. The van der Waals surface area contributed by atoms with Crippen molar-refractivity contribution in [3.05, 3.63) is 0 Å². The number of carbonyl (C=O) groups is 1. The molecule has 4 heteroatoms. The third-order valence-electron chi connectivity index (χ3n) is 4.03. The Morgan fingerprint density at radius 3 is 2.56 bits per heavy atom. The highest BCUT2D eigenvalue weighted by Gasteiger charge is 2.44. The van der Waals surface area contributed by atoms with E-state index in [4.69, 9.17) is 4.74 Å². The summed E-state index contributed by atoms with van der Waals surface area (Å²) in [4.78, 5) is 14.4. The number of hydrogen-bond acceptors (Lipinski definition) is 4. The molecular formula is C14H27NO2S. The van der Waals surface area contributed by atoms with Crippen molar-refractivity contribution in [1.82, 2.24) is 4.90 Å². The van der Waals surface area contributed by atoms with E-state index in [2.05, 4.69) is 25.7 Å². The number of nitrogens with zero attached hydrogens (tertiary/aromatic N) is 1. The number of thioether (sulfide) groups is 1. The van der Waals surface area contributed by atoms with E-state index in [1.165, 1.54) is 12.2 Å². The minimum Gasteiger partial charge on any atom is -0.466 e. The Bertz CT molecular complexity index is 269. The Balaban J connectivity index is 2.88. The predicted molar refractivity (Wildman–Crippen MR) is 78.1 cm³/mol. The van der Waals surface area contributed by atoms with Gasteiger partial charge in [-0.25, -0.2) is 0 Å². The summed E-state index contributed by atoms with van der Waals surface area (Å²) in [6.07, 6.45) is 2.85. The summed E-state index contributed by atoms with van der Waals surface area (Å²) in [6, 6.07) is 0. The molecule has 1 saturated heterocycles. The molecule has 3 nitrogen and oxygen atoms in total. The van der Waals surface area contributed by atoms with E-state index in [-0.39, 0.29) is 11.5 Å².